The van der Waals surface area contributed by atoms with Gasteiger partial charge in [-0.3, -0.25) is 0 Å². The zero-order valence-corrected chi connectivity index (χ0v) is 27.9. The lowest BCUT2D eigenvalue weighted by molar-refractivity contribution is -0.0328. The van der Waals surface area contributed by atoms with Crippen molar-refractivity contribution in [1.82, 2.24) is 0 Å². The highest BCUT2D eigenvalue weighted by Crippen LogP contribution is 3.04. The Hall–Kier alpha value is -5.02. The maximum atomic E-state index is 15.5. The van der Waals surface area contributed by atoms with Gasteiger partial charge in [-0.05, 0) is 76.2 Å². The van der Waals surface area contributed by atoms with E-state index in [-0.39, 0.29) is 5.56 Å². The van der Waals surface area contributed by atoms with E-state index >= 15 is 38.9 Å². The third kappa shape index (κ3) is 6.94. The Morgan fingerprint density at radius 2 is 1.15 bits per heavy atom. The van der Waals surface area contributed by atoms with Crippen molar-refractivity contribution in [3.8, 4) is 12.1 Å². The first-order valence-electron chi connectivity index (χ1n) is 13.8. The number of thioether (sulfide) groups is 1. The second-order valence-electron chi connectivity index (χ2n) is 11.5. The summed E-state index contributed by atoms with van der Waals surface area (Å²) in [5, 5.41) is 15.0. The molecule has 3 aromatic rings. The van der Waals surface area contributed by atoms with Crippen molar-refractivity contribution >= 4 is 43.4 Å². The molecule has 0 amide bonds. The van der Waals surface area contributed by atoms with Gasteiger partial charge < -0.3 is 0 Å². The monoisotopic (exact) mass is 798 g/mol. The molecular formula is C32H15F13N4S3. The molecule has 0 aliphatic heterocycles. The van der Waals surface area contributed by atoms with E-state index in [0.29, 0.717) is 12.1 Å². The first-order valence-corrected chi connectivity index (χ1v) is 18.5. The van der Waals surface area contributed by atoms with E-state index in [0.717, 1.165) is 30.3 Å². The normalized spacial score (nSPS) is 17.0. The molecule has 0 N–H and O–H groups in total. The largest absolute Gasteiger partial charge is 0.523 e. The van der Waals surface area contributed by atoms with Gasteiger partial charge in [-0.25, -0.2) is 0 Å². The number of rotatable bonds is 5. The number of alkyl halides is 3. The molecule has 0 saturated heterocycles. The van der Waals surface area contributed by atoms with E-state index in [4.69, 9.17) is 13.1 Å². The Morgan fingerprint density at radius 3 is 1.58 bits per heavy atom. The first kappa shape index (κ1) is 38.2. The van der Waals surface area contributed by atoms with Crippen LogP contribution in [-0.2, 0) is 12.8 Å². The van der Waals surface area contributed by atoms with Gasteiger partial charge in [0.1, 0.15) is 40.6 Å². The van der Waals surface area contributed by atoms with Crippen LogP contribution in [0.3, 0.4) is 0 Å². The topological polar surface area (TPSA) is 56.3 Å². The zero-order valence-electron chi connectivity index (χ0n) is 25.5. The lowest BCUT2D eigenvalue weighted by Crippen LogP contribution is -2.34. The lowest BCUT2D eigenvalue weighted by atomic mass is 9.95. The summed E-state index contributed by atoms with van der Waals surface area (Å²) in [5.41, 5.74) is -16.6. The Morgan fingerprint density at radius 1 is 0.712 bits per heavy atom. The smallest absolute Gasteiger partial charge is 0.192 e. The molecule has 3 aromatic carbocycles. The fourth-order valence-corrected chi connectivity index (χ4v) is 9.46. The minimum atomic E-state index is -11.5. The molecule has 0 aromatic heterocycles. The number of fused-ring (bicyclic) bond motifs is 2. The van der Waals surface area contributed by atoms with E-state index in [1.165, 1.54) is 25.1 Å². The summed E-state index contributed by atoms with van der Waals surface area (Å²) >= 11 is -0.864. The molecular weight excluding hydrogens is 784 g/mol. The van der Waals surface area contributed by atoms with E-state index in [2.05, 4.69) is 9.69 Å². The van der Waals surface area contributed by atoms with Gasteiger partial charge in [-0.15, -0.1) is 0 Å². The molecule has 0 fully saturated rings. The number of hydrogen-bond acceptors (Lipinski definition) is 3. The number of halogens is 13. The molecule has 20 heteroatoms. The molecule has 4 nitrogen and oxygen atoms in total. The molecule has 0 saturated carbocycles. The summed E-state index contributed by atoms with van der Waals surface area (Å²) in [5.74, 6) is -1.22. The third-order valence-electron chi connectivity index (χ3n) is 7.86. The summed E-state index contributed by atoms with van der Waals surface area (Å²) in [6.45, 7) is 16.1. The Balaban J connectivity index is 2.30. The zero-order chi connectivity index (χ0) is 39.2. The molecule has 272 valence electrons. The number of hydrogen-bond donors (Lipinski definition) is 0. The van der Waals surface area contributed by atoms with Crippen LogP contribution in [-0.4, -0.2) is 5.51 Å². The Kier molecular flexibility index (Phi) is 7.74. The van der Waals surface area contributed by atoms with Crippen LogP contribution in [0.5, 0.6) is 0 Å². The minimum absolute atomic E-state index is 0.193. The van der Waals surface area contributed by atoms with Crippen molar-refractivity contribution < 1.29 is 52.0 Å². The summed E-state index contributed by atoms with van der Waals surface area (Å²) in [6, 6.07) is 9.44. The summed E-state index contributed by atoms with van der Waals surface area (Å²) in [6.07, 6.45) is -3.52. The SMILES string of the molecule is [C-]#[N+]C([N+]#[C-])=C1Cc2c(S(F)(F)(F)(F)F)c3c(c(S(F)(F)(F)(F)F)c2=C1c1cccc(C)c1)CC(=C(C#N)C#N)C=3c1cccc(SC(F)(F)F)c1. The van der Waals surface area contributed by atoms with Gasteiger partial charge in [0, 0.05) is 21.8 Å². The average molecular weight is 799 g/mol. The Bertz CT molecular complexity index is 2510. The molecule has 0 unspecified atom stereocenters. The standard InChI is InChI=1S/C32H15F13N4S3/c1-16-6-4-7-17(10-16)26-24(31(48-2)49-3)13-23-28(26)29(51(36,37,38,39)40)22-12-21(19(14-46)15-47)25(27(22)30(23)52(41,42,43,44)45)18-8-5-9-20(11-18)50-32(33,34)35/h4-11H,12-13H2,1H3. The van der Waals surface area contributed by atoms with Crippen molar-refractivity contribution in [2.75, 3.05) is 0 Å². The van der Waals surface area contributed by atoms with Crippen LogP contribution >= 0.6 is 32.2 Å². The number of aryl methyl sites for hydroxylation is 1. The predicted octanol–water partition coefficient (Wildman–Crippen LogP) is 11.8. The lowest BCUT2D eigenvalue weighted by Gasteiger charge is -2.45. The average Bonchev–Trinajstić information content (AvgIpc) is 3.52. The van der Waals surface area contributed by atoms with Crippen LogP contribution in [0, 0.1) is 42.7 Å². The van der Waals surface area contributed by atoms with Gasteiger partial charge >= 0.3 is 31.8 Å². The maximum Gasteiger partial charge on any atom is 0.523 e. The first-order chi connectivity index (χ1) is 23.4. The highest BCUT2D eigenvalue weighted by Gasteiger charge is 2.72. The summed E-state index contributed by atoms with van der Waals surface area (Å²) in [7, 11) is -22.9. The second-order valence-corrected chi connectivity index (χ2v) is 17.3. The molecule has 52 heavy (non-hydrogen) atoms. The van der Waals surface area contributed by atoms with Crippen molar-refractivity contribution in [2.24, 2.45) is 0 Å². The predicted molar refractivity (Wildman–Crippen MR) is 169 cm³/mol. The van der Waals surface area contributed by atoms with Gasteiger partial charge in [0.2, 0.25) is 0 Å². The molecule has 0 bridgehead atoms. The van der Waals surface area contributed by atoms with E-state index in [1.807, 2.05) is 0 Å². The Labute approximate surface area is 289 Å². The molecule has 2 aliphatic rings. The maximum absolute atomic E-state index is 15.5. The van der Waals surface area contributed by atoms with Crippen LogP contribution in [0.2, 0.25) is 0 Å². The van der Waals surface area contributed by atoms with Crippen LogP contribution in [0.15, 0.2) is 85.8 Å². The number of nitriles is 2. The minimum Gasteiger partial charge on any atom is -0.192 e. The van der Waals surface area contributed by atoms with E-state index < -0.39 is 132 Å². The van der Waals surface area contributed by atoms with Crippen LogP contribution in [0.1, 0.15) is 27.8 Å². The second kappa shape index (κ2) is 10.5. The van der Waals surface area contributed by atoms with Crippen LogP contribution < -0.4 is 10.4 Å². The highest BCUT2D eigenvalue weighted by molar-refractivity contribution is 8.46. The highest BCUT2D eigenvalue weighted by atomic mass is 32.5. The van der Waals surface area contributed by atoms with Gasteiger partial charge in [0.25, 0.3) is 0 Å². The number of nitrogens with zero attached hydrogens (tertiary/aromatic N) is 4. The van der Waals surface area contributed by atoms with E-state index in [9.17, 15) is 23.7 Å². The van der Waals surface area contributed by atoms with Gasteiger partial charge in [0.15, 0.2) is 0 Å². The molecule has 0 radical (unpaired) electrons. The third-order valence-corrected chi connectivity index (χ3v) is 11.0. The van der Waals surface area contributed by atoms with Crippen LogP contribution in [0.25, 0.3) is 20.8 Å². The van der Waals surface area contributed by atoms with Crippen molar-refractivity contribution in [2.45, 2.75) is 40.0 Å². The van der Waals surface area contributed by atoms with Gasteiger partial charge in [-0.2, -0.15) is 33.4 Å². The molecule has 2 aliphatic carbocycles. The fourth-order valence-electron chi connectivity index (χ4n) is 6.36. The van der Waals surface area contributed by atoms with Crippen LogP contribution in [0.4, 0.5) is 52.0 Å². The molecule has 5 rings (SSSR count). The molecule has 0 spiro atoms. The fraction of sp³-hybridized carbons (Fsp3) is 0.125. The molecule has 0 atom stereocenters. The van der Waals surface area contributed by atoms with Crippen molar-refractivity contribution in [3.63, 3.8) is 0 Å². The summed E-state index contributed by atoms with van der Waals surface area (Å²) in [4.78, 5) is -1.43. The summed E-state index contributed by atoms with van der Waals surface area (Å²) < 4.78 is 195. The van der Waals surface area contributed by atoms with Crippen molar-refractivity contribution in [1.29, 1.82) is 10.5 Å². The van der Waals surface area contributed by atoms with E-state index in [1.54, 1.807) is 0 Å². The van der Waals surface area contributed by atoms with Gasteiger partial charge in [-0.1, -0.05) is 80.8 Å². The molecule has 0 heterocycles. The van der Waals surface area contributed by atoms with Gasteiger partial charge in [0.05, 0.1) is 5.57 Å². The van der Waals surface area contributed by atoms with Crippen molar-refractivity contribution in [3.05, 3.63) is 132 Å². The number of allylic oxidation sites excluding steroid dienone is 3. The number of benzene rings is 3. The quantitative estimate of drug-likeness (QED) is 0.112.